The van der Waals surface area contributed by atoms with Gasteiger partial charge in [-0.15, -0.1) is 0 Å². The number of alkyl halides is 3. The van der Waals surface area contributed by atoms with E-state index in [2.05, 4.69) is 4.98 Å². The van der Waals surface area contributed by atoms with Crippen LogP contribution in [0, 0.1) is 0 Å². The Hall–Kier alpha value is -2.15. The maximum atomic E-state index is 13.3. The molecule has 0 aliphatic rings. The van der Waals surface area contributed by atoms with Gasteiger partial charge in [-0.3, -0.25) is 4.79 Å². The van der Waals surface area contributed by atoms with Crippen molar-refractivity contribution in [3.8, 4) is 0 Å². The van der Waals surface area contributed by atoms with E-state index in [-0.39, 0.29) is 5.56 Å². The van der Waals surface area contributed by atoms with Crippen molar-refractivity contribution in [1.82, 2.24) is 9.55 Å². The van der Waals surface area contributed by atoms with Gasteiger partial charge in [-0.25, -0.2) is 4.98 Å². The van der Waals surface area contributed by atoms with Crippen molar-refractivity contribution in [2.45, 2.75) is 18.2 Å². The summed E-state index contributed by atoms with van der Waals surface area (Å²) < 4.78 is 40.9. The smallest absolute Gasteiger partial charge is 0.374 e. The van der Waals surface area contributed by atoms with Gasteiger partial charge in [-0.2, -0.15) is 13.2 Å². The molecule has 0 aliphatic heterocycles. The van der Waals surface area contributed by atoms with E-state index in [0.717, 1.165) is 10.8 Å². The molecule has 112 valence electrons. The normalized spacial score (nSPS) is 14.7. The Morgan fingerprint density at radius 2 is 1.90 bits per heavy atom. The summed E-state index contributed by atoms with van der Waals surface area (Å²) in [4.78, 5) is 15.6. The first-order valence-electron chi connectivity index (χ1n) is 6.11. The quantitative estimate of drug-likeness (QED) is 0.882. The van der Waals surface area contributed by atoms with Crippen molar-refractivity contribution in [3.63, 3.8) is 0 Å². The number of hydrogen-bond donors (Lipinski definition) is 1. The fourth-order valence-electron chi connectivity index (χ4n) is 2.03. The molecule has 7 heteroatoms. The lowest BCUT2D eigenvalue weighted by Crippen LogP contribution is -2.46. The first kappa shape index (κ1) is 15.2. The molecule has 2 aromatic rings. The predicted molar refractivity (Wildman–Crippen MR) is 68.5 cm³/mol. The maximum absolute atomic E-state index is 13.3. The van der Waals surface area contributed by atoms with E-state index in [4.69, 9.17) is 0 Å². The molecule has 1 N–H and O–H groups in total. The third kappa shape index (κ3) is 2.82. The lowest BCUT2D eigenvalue weighted by molar-refractivity contribution is -0.268. The summed E-state index contributed by atoms with van der Waals surface area (Å²) in [5.74, 6) is -1.42. The van der Waals surface area contributed by atoms with E-state index in [1.165, 1.54) is 25.4 Å². The highest BCUT2D eigenvalue weighted by Crippen LogP contribution is 2.41. The lowest BCUT2D eigenvalue weighted by Gasteiger charge is -2.29. The molecule has 0 unspecified atom stereocenters. The van der Waals surface area contributed by atoms with Crippen LogP contribution in [0.1, 0.15) is 22.6 Å². The number of hydrogen-bond acceptors (Lipinski definition) is 3. The number of aryl methyl sites for hydroxylation is 1. The Morgan fingerprint density at radius 1 is 1.29 bits per heavy atom. The molecular formula is C14H13F3N2O2. The van der Waals surface area contributed by atoms with Crippen LogP contribution >= 0.6 is 0 Å². The van der Waals surface area contributed by atoms with E-state index < -0.39 is 29.8 Å². The number of Topliss-reactive ketones (excluding diaryl/α,β-unsaturated/α-hetero) is 1. The molecule has 2 rings (SSSR count). The van der Waals surface area contributed by atoms with Crippen LogP contribution in [0.25, 0.3) is 0 Å². The third-order valence-electron chi connectivity index (χ3n) is 3.17. The van der Waals surface area contributed by atoms with Crippen LogP contribution in [-0.2, 0) is 12.6 Å². The molecule has 0 aliphatic carbocycles. The molecule has 0 saturated heterocycles. The highest BCUT2D eigenvalue weighted by molar-refractivity contribution is 5.96. The number of imidazole rings is 1. The number of benzene rings is 1. The monoisotopic (exact) mass is 298 g/mol. The van der Waals surface area contributed by atoms with Crippen LogP contribution in [0.3, 0.4) is 0 Å². The Bertz CT molecular complexity index is 637. The number of nitrogens with zero attached hydrogens (tertiary/aromatic N) is 2. The number of halogens is 3. The molecule has 0 amide bonds. The number of aliphatic hydroxyl groups is 1. The van der Waals surface area contributed by atoms with Crippen LogP contribution in [0.5, 0.6) is 0 Å². The summed E-state index contributed by atoms with van der Waals surface area (Å²) in [7, 11) is 1.33. The summed E-state index contributed by atoms with van der Waals surface area (Å²) in [5, 5.41) is 10.1. The molecule has 0 bridgehead atoms. The van der Waals surface area contributed by atoms with Gasteiger partial charge in [-0.1, -0.05) is 30.3 Å². The van der Waals surface area contributed by atoms with Gasteiger partial charge in [0.05, 0.1) is 6.42 Å². The van der Waals surface area contributed by atoms with Gasteiger partial charge in [0, 0.05) is 25.0 Å². The molecule has 4 nitrogen and oxygen atoms in total. The lowest BCUT2D eigenvalue weighted by atomic mass is 9.92. The van der Waals surface area contributed by atoms with Crippen molar-refractivity contribution in [1.29, 1.82) is 0 Å². The zero-order chi connectivity index (χ0) is 15.7. The second-order valence-electron chi connectivity index (χ2n) is 4.69. The van der Waals surface area contributed by atoms with Crippen molar-refractivity contribution in [2.24, 2.45) is 7.05 Å². The van der Waals surface area contributed by atoms with Gasteiger partial charge >= 0.3 is 6.18 Å². The molecule has 0 radical (unpaired) electrons. The van der Waals surface area contributed by atoms with E-state index in [9.17, 15) is 23.1 Å². The number of aromatic nitrogens is 2. The zero-order valence-electron chi connectivity index (χ0n) is 11.1. The van der Waals surface area contributed by atoms with E-state index >= 15 is 0 Å². The Balaban J connectivity index is 2.39. The minimum atomic E-state index is -5.02. The first-order valence-corrected chi connectivity index (χ1v) is 6.11. The first-order chi connectivity index (χ1) is 9.75. The fraction of sp³-hybridized carbons (Fsp3) is 0.286. The van der Waals surface area contributed by atoms with Gasteiger partial charge in [0.25, 0.3) is 0 Å². The minimum absolute atomic E-state index is 0.106. The predicted octanol–water partition coefficient (Wildman–Crippen LogP) is 2.44. The topological polar surface area (TPSA) is 55.1 Å². The Morgan fingerprint density at radius 3 is 2.38 bits per heavy atom. The molecule has 1 aromatic heterocycles. The highest BCUT2D eigenvalue weighted by atomic mass is 19.4. The number of carbonyl (C=O) groups excluding carboxylic acids is 1. The van der Waals surface area contributed by atoms with Crippen molar-refractivity contribution >= 4 is 5.78 Å². The summed E-state index contributed by atoms with van der Waals surface area (Å²) >= 11 is 0. The number of ketones is 1. The summed E-state index contributed by atoms with van der Waals surface area (Å²) in [6.45, 7) is 0. The van der Waals surface area contributed by atoms with Gasteiger partial charge < -0.3 is 9.67 Å². The van der Waals surface area contributed by atoms with Crippen molar-refractivity contribution < 1.29 is 23.1 Å². The van der Waals surface area contributed by atoms with Crippen LogP contribution in [0.15, 0.2) is 42.7 Å². The average molecular weight is 298 g/mol. The molecule has 0 saturated carbocycles. The fourth-order valence-corrected chi connectivity index (χ4v) is 2.03. The average Bonchev–Trinajstić information content (AvgIpc) is 2.85. The zero-order valence-corrected chi connectivity index (χ0v) is 11.1. The van der Waals surface area contributed by atoms with Gasteiger partial charge in [0.2, 0.25) is 5.60 Å². The van der Waals surface area contributed by atoms with E-state index in [0.29, 0.717) is 0 Å². The SMILES string of the molecule is Cn1ccnc1[C@@](O)(CC(=O)c1ccccc1)C(F)(F)F. The van der Waals surface area contributed by atoms with Crippen molar-refractivity contribution in [3.05, 3.63) is 54.1 Å². The third-order valence-corrected chi connectivity index (χ3v) is 3.17. The summed E-state index contributed by atoms with van der Waals surface area (Å²) in [6, 6.07) is 7.53. The molecule has 1 atom stereocenters. The molecule has 0 spiro atoms. The number of carbonyl (C=O) groups is 1. The van der Waals surface area contributed by atoms with E-state index in [1.807, 2.05) is 0 Å². The molecule has 21 heavy (non-hydrogen) atoms. The summed E-state index contributed by atoms with van der Waals surface area (Å²) in [5.41, 5.74) is -3.22. The maximum Gasteiger partial charge on any atom is 0.425 e. The van der Waals surface area contributed by atoms with Crippen molar-refractivity contribution in [2.75, 3.05) is 0 Å². The van der Waals surface area contributed by atoms with Gasteiger partial charge in [0.15, 0.2) is 11.6 Å². The van der Waals surface area contributed by atoms with E-state index in [1.54, 1.807) is 18.2 Å². The minimum Gasteiger partial charge on any atom is -0.374 e. The number of rotatable bonds is 4. The van der Waals surface area contributed by atoms with Crippen LogP contribution < -0.4 is 0 Å². The molecule has 1 aromatic carbocycles. The Labute approximate surface area is 118 Å². The molecular weight excluding hydrogens is 285 g/mol. The standard InChI is InChI=1S/C14H13F3N2O2/c1-19-8-7-18-12(19)13(21,14(15,16)17)9-11(20)10-5-3-2-4-6-10/h2-8,21H,9H2,1H3/t13-/m0/s1. The summed E-state index contributed by atoms with van der Waals surface area (Å²) in [6.07, 6.45) is -3.72. The largest absolute Gasteiger partial charge is 0.425 e. The second kappa shape index (κ2) is 5.33. The Kier molecular flexibility index (Phi) is 3.87. The molecule has 0 fully saturated rings. The van der Waals surface area contributed by atoms with Gasteiger partial charge in [0.1, 0.15) is 0 Å². The molecule has 1 heterocycles. The second-order valence-corrected chi connectivity index (χ2v) is 4.69. The van der Waals surface area contributed by atoms with Gasteiger partial charge in [-0.05, 0) is 0 Å². The highest BCUT2D eigenvalue weighted by Gasteiger charge is 2.58. The van der Waals surface area contributed by atoms with Crippen LogP contribution in [0.2, 0.25) is 0 Å². The van der Waals surface area contributed by atoms with Crippen LogP contribution in [0.4, 0.5) is 13.2 Å². The van der Waals surface area contributed by atoms with Crippen LogP contribution in [-0.4, -0.2) is 26.6 Å².